The van der Waals surface area contributed by atoms with Crippen LogP contribution in [0.15, 0.2) is 17.3 Å². The molecule has 1 heterocycles. The second kappa shape index (κ2) is 6.80. The summed E-state index contributed by atoms with van der Waals surface area (Å²) >= 11 is 1.75. The quantitative estimate of drug-likeness (QED) is 0.549. The Labute approximate surface area is 112 Å². The van der Waals surface area contributed by atoms with Gasteiger partial charge >= 0.3 is 0 Å². The van der Waals surface area contributed by atoms with Gasteiger partial charge in [-0.1, -0.05) is 6.92 Å². The monoisotopic (exact) mass is 270 g/mol. The van der Waals surface area contributed by atoms with Crippen LogP contribution in [-0.4, -0.2) is 33.5 Å². The number of hydrogen-bond acceptors (Lipinski definition) is 4. The number of amides is 1. The van der Waals surface area contributed by atoms with Crippen molar-refractivity contribution in [1.29, 1.82) is 0 Å². The van der Waals surface area contributed by atoms with Crippen molar-refractivity contribution in [3.05, 3.63) is 12.4 Å². The van der Waals surface area contributed by atoms with Gasteiger partial charge in [0, 0.05) is 18.1 Å². The van der Waals surface area contributed by atoms with Crippen LogP contribution in [0.5, 0.6) is 0 Å². The number of hydrogen-bond donors (Lipinski definition) is 2. The third-order valence-corrected chi connectivity index (χ3v) is 3.92. The third kappa shape index (κ3) is 4.34. The van der Waals surface area contributed by atoms with Crippen LogP contribution in [0.4, 0.5) is 0 Å². The highest BCUT2D eigenvalue weighted by atomic mass is 32.2. The van der Waals surface area contributed by atoms with Gasteiger partial charge in [-0.25, -0.2) is 0 Å². The summed E-state index contributed by atoms with van der Waals surface area (Å²) in [5.41, 5.74) is 4.84. The maximum Gasteiger partial charge on any atom is 0.237 e. The second-order valence-corrected chi connectivity index (χ2v) is 5.70. The summed E-state index contributed by atoms with van der Waals surface area (Å²) < 4.78 is 1.79. The number of aryl methyl sites for hydroxylation is 1. The van der Waals surface area contributed by atoms with Crippen molar-refractivity contribution >= 4 is 17.7 Å². The number of nitrogens with zero attached hydrogens (tertiary/aromatic N) is 2. The molecule has 18 heavy (non-hydrogen) atoms. The fourth-order valence-electron chi connectivity index (χ4n) is 1.78. The Morgan fingerprint density at radius 1 is 1.67 bits per heavy atom. The SMILES string of the molecule is CCNC(C)(CCCSc1cnn(C)c1)C(N)=O. The molecule has 5 nitrogen and oxygen atoms in total. The molecule has 0 radical (unpaired) electrons. The van der Waals surface area contributed by atoms with E-state index >= 15 is 0 Å². The van der Waals surface area contributed by atoms with Crippen LogP contribution in [0, 0.1) is 0 Å². The van der Waals surface area contributed by atoms with Crippen LogP contribution in [0.25, 0.3) is 0 Å². The summed E-state index contributed by atoms with van der Waals surface area (Å²) in [4.78, 5) is 12.6. The van der Waals surface area contributed by atoms with E-state index in [9.17, 15) is 4.79 Å². The molecule has 1 rings (SSSR count). The van der Waals surface area contributed by atoms with Crippen molar-refractivity contribution in [2.75, 3.05) is 12.3 Å². The van der Waals surface area contributed by atoms with Crippen molar-refractivity contribution < 1.29 is 4.79 Å². The number of likely N-dealkylation sites (N-methyl/N-ethyl adjacent to an activating group) is 1. The van der Waals surface area contributed by atoms with Crippen molar-refractivity contribution in [1.82, 2.24) is 15.1 Å². The minimum absolute atomic E-state index is 0.282. The molecule has 3 N–H and O–H groups in total. The molecule has 1 atom stereocenters. The molecular formula is C12H22N4OS. The Morgan fingerprint density at radius 3 is 2.89 bits per heavy atom. The summed E-state index contributed by atoms with van der Waals surface area (Å²) in [6, 6.07) is 0. The van der Waals surface area contributed by atoms with Gasteiger partial charge in [0.15, 0.2) is 0 Å². The predicted molar refractivity (Wildman–Crippen MR) is 74.4 cm³/mol. The van der Waals surface area contributed by atoms with E-state index in [0.29, 0.717) is 0 Å². The molecule has 1 unspecified atom stereocenters. The van der Waals surface area contributed by atoms with Crippen LogP contribution in [0.3, 0.4) is 0 Å². The minimum atomic E-state index is -0.593. The Hall–Kier alpha value is -1.01. The molecule has 0 aliphatic carbocycles. The summed E-state index contributed by atoms with van der Waals surface area (Å²) in [7, 11) is 1.90. The van der Waals surface area contributed by atoms with Crippen LogP contribution in [0.1, 0.15) is 26.7 Å². The summed E-state index contributed by atoms with van der Waals surface area (Å²) in [6.07, 6.45) is 5.53. The molecule has 102 valence electrons. The molecule has 1 aromatic rings. The maximum absolute atomic E-state index is 11.4. The Bertz CT molecular complexity index is 393. The second-order valence-electron chi connectivity index (χ2n) is 4.53. The zero-order valence-electron chi connectivity index (χ0n) is 11.3. The normalized spacial score (nSPS) is 14.4. The van der Waals surface area contributed by atoms with Gasteiger partial charge in [-0.05, 0) is 32.1 Å². The van der Waals surface area contributed by atoms with E-state index in [1.807, 2.05) is 33.3 Å². The number of primary amides is 1. The molecule has 0 spiro atoms. The number of rotatable bonds is 8. The Morgan fingerprint density at radius 2 is 2.39 bits per heavy atom. The number of thioether (sulfide) groups is 1. The number of nitrogens with two attached hydrogens (primary N) is 1. The standard InChI is InChI=1S/C12H22N4OS/c1-4-14-12(2,11(13)17)6-5-7-18-10-8-15-16(3)9-10/h8-9,14H,4-7H2,1-3H3,(H2,13,17). The van der Waals surface area contributed by atoms with E-state index in [0.717, 1.165) is 30.0 Å². The van der Waals surface area contributed by atoms with E-state index in [1.54, 1.807) is 16.4 Å². The van der Waals surface area contributed by atoms with Gasteiger partial charge in [0.05, 0.1) is 11.7 Å². The first-order valence-electron chi connectivity index (χ1n) is 6.14. The lowest BCUT2D eigenvalue weighted by molar-refractivity contribution is -0.124. The molecule has 0 aliphatic rings. The molecule has 1 aromatic heterocycles. The summed E-state index contributed by atoms with van der Waals surface area (Å²) in [6.45, 7) is 4.59. The van der Waals surface area contributed by atoms with Crippen molar-refractivity contribution in [2.24, 2.45) is 12.8 Å². The number of aromatic nitrogens is 2. The molecule has 1 amide bonds. The lowest BCUT2D eigenvalue weighted by Gasteiger charge is -2.26. The Balaban J connectivity index is 2.33. The van der Waals surface area contributed by atoms with Crippen LogP contribution in [0.2, 0.25) is 0 Å². The highest BCUT2D eigenvalue weighted by Gasteiger charge is 2.28. The van der Waals surface area contributed by atoms with Gasteiger partial charge in [-0.2, -0.15) is 5.10 Å². The number of carbonyl (C=O) groups excluding carboxylic acids is 1. The third-order valence-electron chi connectivity index (χ3n) is 2.88. The maximum atomic E-state index is 11.4. The average molecular weight is 270 g/mol. The first kappa shape index (κ1) is 15.0. The summed E-state index contributed by atoms with van der Waals surface area (Å²) in [5, 5.41) is 7.27. The fraction of sp³-hybridized carbons (Fsp3) is 0.667. The Kier molecular flexibility index (Phi) is 5.68. The number of nitrogens with one attached hydrogen (secondary N) is 1. The molecule has 0 bridgehead atoms. The lowest BCUT2D eigenvalue weighted by Crippen LogP contribution is -2.53. The van der Waals surface area contributed by atoms with Gasteiger partial charge in [0.25, 0.3) is 0 Å². The highest BCUT2D eigenvalue weighted by molar-refractivity contribution is 7.99. The summed E-state index contributed by atoms with van der Waals surface area (Å²) in [5.74, 6) is 0.677. The van der Waals surface area contributed by atoms with E-state index in [2.05, 4.69) is 10.4 Å². The van der Waals surface area contributed by atoms with E-state index < -0.39 is 5.54 Å². The molecule has 0 aromatic carbocycles. The van der Waals surface area contributed by atoms with Gasteiger partial charge in [0.2, 0.25) is 5.91 Å². The fourth-order valence-corrected chi connectivity index (χ4v) is 2.65. The van der Waals surface area contributed by atoms with Crippen LogP contribution in [-0.2, 0) is 11.8 Å². The molecule has 0 saturated heterocycles. The van der Waals surface area contributed by atoms with Crippen molar-refractivity contribution in [3.8, 4) is 0 Å². The van der Waals surface area contributed by atoms with E-state index in [-0.39, 0.29) is 5.91 Å². The molecule has 0 aliphatic heterocycles. The van der Waals surface area contributed by atoms with Gasteiger partial charge < -0.3 is 11.1 Å². The minimum Gasteiger partial charge on any atom is -0.368 e. The first-order valence-corrected chi connectivity index (χ1v) is 7.13. The molecular weight excluding hydrogens is 248 g/mol. The van der Waals surface area contributed by atoms with E-state index in [4.69, 9.17) is 5.73 Å². The van der Waals surface area contributed by atoms with Gasteiger partial charge in [-0.3, -0.25) is 9.48 Å². The molecule has 0 fully saturated rings. The smallest absolute Gasteiger partial charge is 0.237 e. The van der Waals surface area contributed by atoms with Crippen molar-refractivity contribution in [2.45, 2.75) is 37.1 Å². The first-order chi connectivity index (χ1) is 8.48. The molecule has 6 heteroatoms. The average Bonchev–Trinajstić information content (AvgIpc) is 2.71. The topological polar surface area (TPSA) is 72.9 Å². The zero-order chi connectivity index (χ0) is 13.6. The number of carbonyl (C=O) groups is 1. The largest absolute Gasteiger partial charge is 0.368 e. The van der Waals surface area contributed by atoms with Crippen LogP contribution >= 0.6 is 11.8 Å². The van der Waals surface area contributed by atoms with E-state index in [1.165, 1.54) is 0 Å². The lowest BCUT2D eigenvalue weighted by atomic mass is 9.95. The van der Waals surface area contributed by atoms with Crippen LogP contribution < -0.4 is 11.1 Å². The van der Waals surface area contributed by atoms with Crippen molar-refractivity contribution in [3.63, 3.8) is 0 Å². The van der Waals surface area contributed by atoms with Gasteiger partial charge in [-0.15, -0.1) is 11.8 Å². The van der Waals surface area contributed by atoms with Gasteiger partial charge in [0.1, 0.15) is 0 Å². The predicted octanol–water partition coefficient (Wildman–Crippen LogP) is 1.15. The highest BCUT2D eigenvalue weighted by Crippen LogP contribution is 2.20. The molecule has 0 saturated carbocycles. The zero-order valence-corrected chi connectivity index (χ0v) is 12.1.